The number of nitrogens with one attached hydrogen (secondary N) is 1. The summed E-state index contributed by atoms with van der Waals surface area (Å²) in [6, 6.07) is 1.74. The first-order valence-corrected chi connectivity index (χ1v) is 7.11. The molecule has 0 saturated carbocycles. The van der Waals surface area contributed by atoms with E-state index in [4.69, 9.17) is 9.84 Å². The molecule has 2 rings (SSSR count). The fraction of sp³-hybridized carbons (Fsp3) is 0.643. The van der Waals surface area contributed by atoms with Gasteiger partial charge in [0, 0.05) is 20.3 Å². The van der Waals surface area contributed by atoms with Gasteiger partial charge in [0.2, 0.25) is 0 Å². The predicted molar refractivity (Wildman–Crippen MR) is 75.1 cm³/mol. The van der Waals surface area contributed by atoms with Crippen molar-refractivity contribution >= 4 is 11.9 Å². The van der Waals surface area contributed by atoms with Crippen molar-refractivity contribution in [3.63, 3.8) is 0 Å². The van der Waals surface area contributed by atoms with Crippen LogP contribution in [-0.4, -0.2) is 45.5 Å². The van der Waals surface area contributed by atoms with Crippen molar-refractivity contribution in [3.05, 3.63) is 17.5 Å². The molecule has 1 aliphatic heterocycles. The topological polar surface area (TPSA) is 93.5 Å². The van der Waals surface area contributed by atoms with Gasteiger partial charge >= 0.3 is 5.97 Å². The van der Waals surface area contributed by atoms with Gasteiger partial charge in [0.05, 0.1) is 17.7 Å². The molecule has 0 aromatic carbocycles. The van der Waals surface area contributed by atoms with E-state index in [0.717, 1.165) is 12.1 Å². The van der Waals surface area contributed by atoms with Crippen molar-refractivity contribution in [2.75, 3.05) is 13.2 Å². The van der Waals surface area contributed by atoms with Crippen LogP contribution < -0.4 is 5.32 Å². The van der Waals surface area contributed by atoms with Crippen molar-refractivity contribution in [1.82, 2.24) is 15.1 Å². The highest BCUT2D eigenvalue weighted by molar-refractivity contribution is 5.93. The number of amides is 1. The summed E-state index contributed by atoms with van der Waals surface area (Å²) < 4.78 is 6.81. The van der Waals surface area contributed by atoms with E-state index in [0.29, 0.717) is 31.7 Å². The van der Waals surface area contributed by atoms with Gasteiger partial charge in [-0.05, 0) is 25.3 Å². The number of ether oxygens (including phenoxy) is 1. The molecule has 0 bridgehead atoms. The second-order valence-corrected chi connectivity index (χ2v) is 5.42. The maximum Gasteiger partial charge on any atom is 0.305 e. The molecule has 0 atom stereocenters. The van der Waals surface area contributed by atoms with Gasteiger partial charge in [0.1, 0.15) is 5.69 Å². The summed E-state index contributed by atoms with van der Waals surface area (Å²) in [6.07, 6.45) is 1.66. The second-order valence-electron chi connectivity index (χ2n) is 5.42. The van der Waals surface area contributed by atoms with Crippen LogP contribution in [-0.2, 0) is 23.0 Å². The lowest BCUT2D eigenvalue weighted by atomic mass is 9.86. The first-order valence-electron chi connectivity index (χ1n) is 7.11. The SMILES string of the molecule is CCc1cc(C(=O)NC2(CC(=O)O)CCOCC2)n(C)n1. The van der Waals surface area contributed by atoms with Crippen molar-refractivity contribution in [1.29, 1.82) is 0 Å². The molecular weight excluding hydrogens is 274 g/mol. The van der Waals surface area contributed by atoms with E-state index >= 15 is 0 Å². The first-order chi connectivity index (χ1) is 9.96. The zero-order valence-electron chi connectivity index (χ0n) is 12.4. The van der Waals surface area contributed by atoms with E-state index in [1.54, 1.807) is 13.1 Å². The van der Waals surface area contributed by atoms with E-state index in [1.807, 2.05) is 6.92 Å². The number of carbonyl (C=O) groups excluding carboxylic acids is 1. The molecule has 1 aliphatic rings. The average molecular weight is 295 g/mol. The quantitative estimate of drug-likeness (QED) is 0.835. The van der Waals surface area contributed by atoms with Crippen LogP contribution in [0, 0.1) is 0 Å². The van der Waals surface area contributed by atoms with Crippen LogP contribution in [0.15, 0.2) is 6.07 Å². The summed E-state index contributed by atoms with van der Waals surface area (Å²) in [4.78, 5) is 23.5. The van der Waals surface area contributed by atoms with Gasteiger partial charge in [-0.25, -0.2) is 0 Å². The molecule has 1 aromatic heterocycles. The third-order valence-electron chi connectivity index (χ3n) is 3.84. The maximum absolute atomic E-state index is 12.4. The molecule has 1 fully saturated rings. The third-order valence-corrected chi connectivity index (χ3v) is 3.84. The number of carbonyl (C=O) groups is 2. The number of carboxylic acid groups (broad SMARTS) is 1. The first kappa shape index (κ1) is 15.5. The van der Waals surface area contributed by atoms with Gasteiger partial charge in [0.15, 0.2) is 0 Å². The number of aromatic nitrogens is 2. The molecule has 0 radical (unpaired) electrons. The van der Waals surface area contributed by atoms with E-state index in [1.165, 1.54) is 4.68 Å². The largest absolute Gasteiger partial charge is 0.481 e. The summed E-state index contributed by atoms with van der Waals surface area (Å²) in [5.41, 5.74) is 0.544. The van der Waals surface area contributed by atoms with Gasteiger partial charge in [0.25, 0.3) is 5.91 Å². The van der Waals surface area contributed by atoms with Gasteiger partial charge in [-0.1, -0.05) is 6.92 Å². The number of aryl methyl sites for hydroxylation is 2. The highest BCUT2D eigenvalue weighted by Gasteiger charge is 2.37. The van der Waals surface area contributed by atoms with Crippen molar-refractivity contribution < 1.29 is 19.4 Å². The van der Waals surface area contributed by atoms with E-state index in [-0.39, 0.29) is 12.3 Å². The minimum atomic E-state index is -0.920. The Bertz CT molecular complexity index is 532. The number of carboxylic acids is 1. The molecule has 1 aromatic rings. The maximum atomic E-state index is 12.4. The van der Waals surface area contributed by atoms with Crippen LogP contribution in [0.2, 0.25) is 0 Å². The van der Waals surface area contributed by atoms with Gasteiger partial charge in [-0.3, -0.25) is 14.3 Å². The molecule has 7 nitrogen and oxygen atoms in total. The Morgan fingerprint density at radius 2 is 2.14 bits per heavy atom. The Morgan fingerprint density at radius 3 is 2.67 bits per heavy atom. The molecule has 7 heteroatoms. The fourth-order valence-electron chi connectivity index (χ4n) is 2.61. The smallest absolute Gasteiger partial charge is 0.305 e. The Balaban J connectivity index is 2.17. The lowest BCUT2D eigenvalue weighted by molar-refractivity contribution is -0.139. The molecule has 2 N–H and O–H groups in total. The van der Waals surface area contributed by atoms with Crippen molar-refractivity contribution in [3.8, 4) is 0 Å². The average Bonchev–Trinajstić information content (AvgIpc) is 2.80. The molecule has 0 unspecified atom stereocenters. The molecular formula is C14H21N3O4. The van der Waals surface area contributed by atoms with Crippen LogP contribution in [0.3, 0.4) is 0 Å². The van der Waals surface area contributed by atoms with Gasteiger partial charge < -0.3 is 15.2 Å². The highest BCUT2D eigenvalue weighted by Crippen LogP contribution is 2.25. The zero-order valence-corrected chi connectivity index (χ0v) is 12.4. The molecule has 1 saturated heterocycles. The summed E-state index contributed by atoms with van der Waals surface area (Å²) in [5.74, 6) is -1.20. The van der Waals surface area contributed by atoms with Crippen LogP contribution in [0.5, 0.6) is 0 Å². The molecule has 0 spiro atoms. The summed E-state index contributed by atoms with van der Waals surface area (Å²) in [7, 11) is 1.71. The number of hydrogen-bond donors (Lipinski definition) is 2. The normalized spacial score (nSPS) is 17.4. The van der Waals surface area contributed by atoms with Crippen molar-refractivity contribution in [2.24, 2.45) is 7.05 Å². The number of rotatable bonds is 5. The van der Waals surface area contributed by atoms with Gasteiger partial charge in [-0.15, -0.1) is 0 Å². The summed E-state index contributed by atoms with van der Waals surface area (Å²) in [5, 5.41) is 16.2. The molecule has 0 aliphatic carbocycles. The lowest BCUT2D eigenvalue weighted by Crippen LogP contribution is -2.53. The Labute approximate surface area is 123 Å². The Hall–Kier alpha value is -1.89. The standard InChI is InChI=1S/C14H21N3O4/c1-3-10-8-11(17(2)16-10)13(20)15-14(9-12(18)19)4-6-21-7-5-14/h8H,3-7,9H2,1-2H3,(H,15,20)(H,18,19). The molecule has 2 heterocycles. The third kappa shape index (κ3) is 3.60. The minimum absolute atomic E-state index is 0.0966. The Kier molecular flexibility index (Phi) is 4.62. The van der Waals surface area contributed by atoms with E-state index in [2.05, 4.69) is 10.4 Å². The van der Waals surface area contributed by atoms with Crippen LogP contribution in [0.25, 0.3) is 0 Å². The number of hydrogen-bond acceptors (Lipinski definition) is 4. The van der Waals surface area contributed by atoms with Crippen LogP contribution >= 0.6 is 0 Å². The predicted octanol–water partition coefficient (Wildman–Crippen LogP) is 0.736. The monoisotopic (exact) mass is 295 g/mol. The molecule has 21 heavy (non-hydrogen) atoms. The van der Waals surface area contributed by atoms with Crippen LogP contribution in [0.1, 0.15) is 42.4 Å². The zero-order chi connectivity index (χ0) is 15.5. The van der Waals surface area contributed by atoms with E-state index < -0.39 is 11.5 Å². The number of nitrogens with zero attached hydrogens (tertiary/aromatic N) is 2. The molecule has 1 amide bonds. The highest BCUT2D eigenvalue weighted by atomic mass is 16.5. The van der Waals surface area contributed by atoms with Crippen molar-refractivity contribution in [2.45, 2.75) is 38.1 Å². The summed E-state index contributed by atoms with van der Waals surface area (Å²) in [6.45, 7) is 2.88. The summed E-state index contributed by atoms with van der Waals surface area (Å²) >= 11 is 0. The van der Waals surface area contributed by atoms with Gasteiger partial charge in [-0.2, -0.15) is 5.10 Å². The lowest BCUT2D eigenvalue weighted by Gasteiger charge is -2.36. The van der Waals surface area contributed by atoms with Crippen LogP contribution in [0.4, 0.5) is 0 Å². The number of aliphatic carboxylic acids is 1. The van der Waals surface area contributed by atoms with E-state index in [9.17, 15) is 9.59 Å². The minimum Gasteiger partial charge on any atom is -0.481 e. The second kappa shape index (κ2) is 6.26. The fourth-order valence-corrected chi connectivity index (χ4v) is 2.61. The molecule has 116 valence electrons. The Morgan fingerprint density at radius 1 is 1.48 bits per heavy atom.